The van der Waals surface area contributed by atoms with E-state index in [9.17, 15) is 0 Å². The number of anilines is 5. The topological polar surface area (TPSA) is 128 Å². The number of rotatable bonds is 8. The Balaban J connectivity index is 1.37. The molecule has 0 radical (unpaired) electrons. The highest BCUT2D eigenvalue weighted by Gasteiger charge is 2.23. The summed E-state index contributed by atoms with van der Waals surface area (Å²) in [6.45, 7) is 7.16. The fourth-order valence-corrected chi connectivity index (χ4v) is 6.36. The highest BCUT2D eigenvalue weighted by Crippen LogP contribution is 2.38. The van der Waals surface area contributed by atoms with E-state index in [0.717, 1.165) is 56.5 Å². The third-order valence-electron chi connectivity index (χ3n) is 6.79. The molecule has 14 heteroatoms. The molecule has 1 aliphatic heterocycles. The summed E-state index contributed by atoms with van der Waals surface area (Å²) in [6.07, 6.45) is 8.95. The molecule has 4 aromatic heterocycles. The molecular weight excluding hydrogens is 619 g/mol. The van der Waals surface area contributed by atoms with Crippen molar-refractivity contribution < 1.29 is 9.47 Å². The zero-order valence-electron chi connectivity index (χ0n) is 23.7. The van der Waals surface area contributed by atoms with Crippen molar-refractivity contribution in [2.24, 2.45) is 7.05 Å². The monoisotopic (exact) mass is 648 g/mol. The molecule has 216 valence electrons. The Kier molecular flexibility index (Phi) is 8.14. The van der Waals surface area contributed by atoms with E-state index in [1.165, 1.54) is 0 Å². The molecule has 0 aliphatic carbocycles. The fourth-order valence-electron chi connectivity index (χ4n) is 4.86. The van der Waals surface area contributed by atoms with Crippen LogP contribution in [-0.2, 0) is 11.8 Å². The zero-order chi connectivity index (χ0) is 29.2. The number of nitrogens with one attached hydrogen (secondary N) is 2. The van der Waals surface area contributed by atoms with Crippen molar-refractivity contribution in [3.05, 3.63) is 53.7 Å². The van der Waals surface area contributed by atoms with Crippen LogP contribution in [0.3, 0.4) is 0 Å². The van der Waals surface area contributed by atoms with Gasteiger partial charge < -0.3 is 25.0 Å². The zero-order valence-corrected chi connectivity index (χ0v) is 26.1. The van der Waals surface area contributed by atoms with E-state index >= 15 is 0 Å². The molecule has 0 spiro atoms. The van der Waals surface area contributed by atoms with Gasteiger partial charge in [0.1, 0.15) is 17.3 Å². The number of aromatic nitrogens is 7. The average Bonchev–Trinajstić information content (AvgIpc) is 3.44. The summed E-state index contributed by atoms with van der Waals surface area (Å²) in [5.41, 5.74) is 5.18. The van der Waals surface area contributed by atoms with Gasteiger partial charge in [0, 0.05) is 67.0 Å². The van der Waals surface area contributed by atoms with Gasteiger partial charge in [0.15, 0.2) is 0 Å². The van der Waals surface area contributed by atoms with Gasteiger partial charge in [-0.3, -0.25) is 14.6 Å². The molecule has 1 aliphatic rings. The van der Waals surface area contributed by atoms with Crippen molar-refractivity contribution >= 4 is 69.1 Å². The minimum Gasteiger partial charge on any atom is -0.479 e. The Hall–Kier alpha value is -3.93. The second-order valence-corrected chi connectivity index (χ2v) is 12.9. The van der Waals surface area contributed by atoms with E-state index < -0.39 is 7.92 Å². The van der Waals surface area contributed by atoms with E-state index in [0.29, 0.717) is 36.5 Å². The molecular formula is C28H30BrN10O2P. The maximum absolute atomic E-state index is 5.73. The predicted molar refractivity (Wildman–Crippen MR) is 170 cm³/mol. The summed E-state index contributed by atoms with van der Waals surface area (Å²) in [6, 6.07) is 6.00. The number of morpholine rings is 1. The van der Waals surface area contributed by atoms with Crippen molar-refractivity contribution in [1.82, 2.24) is 34.7 Å². The first-order valence-corrected chi connectivity index (χ1v) is 16.3. The van der Waals surface area contributed by atoms with Gasteiger partial charge in [-0.15, -0.1) is 0 Å². The summed E-state index contributed by atoms with van der Waals surface area (Å²) in [4.78, 5) is 25.5. The molecule has 0 atom stereocenters. The molecule has 0 amide bonds. The summed E-state index contributed by atoms with van der Waals surface area (Å²) < 4.78 is 13.8. The highest BCUT2D eigenvalue weighted by molar-refractivity contribution is 9.10. The van der Waals surface area contributed by atoms with Gasteiger partial charge in [0.05, 0.1) is 42.0 Å². The Morgan fingerprint density at radius 1 is 1.00 bits per heavy atom. The van der Waals surface area contributed by atoms with Crippen LogP contribution in [0.1, 0.15) is 0 Å². The number of fused-ring (bicyclic) bond motifs is 1. The Labute approximate surface area is 252 Å². The quantitative estimate of drug-likeness (QED) is 0.228. The summed E-state index contributed by atoms with van der Waals surface area (Å²) in [5, 5.41) is 12.3. The van der Waals surface area contributed by atoms with Crippen LogP contribution in [-0.4, -0.2) is 81.4 Å². The lowest BCUT2D eigenvalue weighted by Crippen LogP contribution is -2.37. The van der Waals surface area contributed by atoms with E-state index in [1.807, 2.05) is 37.6 Å². The number of aryl methyl sites for hydroxylation is 1. The molecule has 1 aromatic carbocycles. The maximum Gasteiger partial charge on any atom is 0.239 e. The van der Waals surface area contributed by atoms with Crippen LogP contribution < -0.4 is 25.6 Å². The van der Waals surface area contributed by atoms with Crippen molar-refractivity contribution in [3.63, 3.8) is 0 Å². The second kappa shape index (κ2) is 12.1. The van der Waals surface area contributed by atoms with Crippen molar-refractivity contribution in [1.29, 1.82) is 0 Å². The Bertz CT molecular complexity index is 1740. The van der Waals surface area contributed by atoms with Gasteiger partial charge in [0.2, 0.25) is 11.8 Å². The van der Waals surface area contributed by atoms with Crippen molar-refractivity contribution in [2.75, 3.05) is 62.3 Å². The smallest absolute Gasteiger partial charge is 0.239 e. The molecule has 1 fully saturated rings. The Morgan fingerprint density at radius 3 is 2.55 bits per heavy atom. The van der Waals surface area contributed by atoms with E-state index in [1.54, 1.807) is 30.4 Å². The number of hydrogen-bond acceptors (Lipinski definition) is 11. The molecule has 5 aromatic rings. The summed E-state index contributed by atoms with van der Waals surface area (Å²) >= 11 is 3.61. The summed E-state index contributed by atoms with van der Waals surface area (Å²) in [7, 11) is 3.01. The molecule has 0 unspecified atom stereocenters. The molecule has 1 saturated heterocycles. The minimum absolute atomic E-state index is 0.384. The summed E-state index contributed by atoms with van der Waals surface area (Å²) in [5.74, 6) is 2.24. The van der Waals surface area contributed by atoms with E-state index in [-0.39, 0.29) is 0 Å². The average molecular weight is 649 g/mol. The lowest BCUT2D eigenvalue weighted by molar-refractivity contribution is 0.122. The van der Waals surface area contributed by atoms with E-state index in [2.05, 4.69) is 64.8 Å². The number of halogens is 1. The number of benzene rings is 1. The molecule has 2 N–H and O–H groups in total. The maximum atomic E-state index is 5.73. The lowest BCUT2D eigenvalue weighted by Gasteiger charge is -2.30. The molecule has 12 nitrogen and oxygen atoms in total. The SMILES string of the molecule is COc1nc(N2CCOCC2)c(-c2cnn(C)c2)cc1Nc1ncc(Br)c(Nc2ccc3nccnc3c2P(C)C)n1. The molecule has 42 heavy (non-hydrogen) atoms. The third-order valence-corrected chi connectivity index (χ3v) is 8.72. The lowest BCUT2D eigenvalue weighted by atomic mass is 10.1. The number of pyridine rings is 1. The molecule has 0 saturated carbocycles. The molecule has 0 bridgehead atoms. The number of methoxy groups -OCH3 is 1. The third kappa shape index (κ3) is 5.72. The minimum atomic E-state index is -0.492. The van der Waals surface area contributed by atoms with Crippen molar-refractivity contribution in [2.45, 2.75) is 0 Å². The first kappa shape index (κ1) is 28.2. The van der Waals surface area contributed by atoms with Crippen molar-refractivity contribution in [3.8, 4) is 17.0 Å². The first-order chi connectivity index (χ1) is 20.4. The van der Waals surface area contributed by atoms with E-state index in [4.69, 9.17) is 19.4 Å². The predicted octanol–water partition coefficient (Wildman–Crippen LogP) is 4.68. The number of nitrogens with zero attached hydrogens (tertiary/aromatic N) is 8. The fraction of sp³-hybridized carbons (Fsp3) is 0.286. The van der Waals surface area contributed by atoms with Crippen LogP contribution in [0.2, 0.25) is 0 Å². The number of ether oxygens (including phenoxy) is 2. The standard InChI is InChI=1S/C28H30BrN10O2P/c1-38-16-17(14-33-38)18-13-22(27(40-2)37-26(18)39-9-11-41-12-10-39)35-28-32-15-19(29)25(36-28)34-21-6-5-20-23(24(21)42(3)4)31-8-7-30-20/h5-8,13-16H,9-12H2,1-4H3,(H2,32,34,35,36). The van der Waals surface area contributed by atoms with Gasteiger partial charge in [0.25, 0.3) is 0 Å². The first-order valence-electron chi connectivity index (χ1n) is 13.3. The molecule has 6 rings (SSSR count). The van der Waals surface area contributed by atoms with Gasteiger partial charge in [-0.2, -0.15) is 15.1 Å². The normalized spacial score (nSPS) is 13.5. The number of hydrogen-bond donors (Lipinski definition) is 2. The molecule has 5 heterocycles. The highest BCUT2D eigenvalue weighted by atomic mass is 79.9. The van der Waals surface area contributed by atoms with Crippen LogP contribution in [0.4, 0.5) is 29.0 Å². The van der Waals surface area contributed by atoms with Crippen LogP contribution >= 0.6 is 23.9 Å². The van der Waals surface area contributed by atoms with Crippen LogP contribution in [0, 0.1) is 0 Å². The Morgan fingerprint density at radius 2 is 1.81 bits per heavy atom. The van der Waals surface area contributed by atoms with Crippen LogP contribution in [0.25, 0.3) is 22.2 Å². The van der Waals surface area contributed by atoms with Gasteiger partial charge in [-0.1, -0.05) is 7.92 Å². The van der Waals surface area contributed by atoms with Crippen LogP contribution in [0.15, 0.2) is 53.7 Å². The van der Waals surface area contributed by atoms with Gasteiger partial charge in [-0.25, -0.2) is 4.98 Å². The van der Waals surface area contributed by atoms with Gasteiger partial charge in [-0.05, 0) is 47.5 Å². The largest absolute Gasteiger partial charge is 0.479 e. The second-order valence-electron chi connectivity index (χ2n) is 9.84. The van der Waals surface area contributed by atoms with Crippen LogP contribution in [0.5, 0.6) is 5.88 Å². The van der Waals surface area contributed by atoms with Gasteiger partial charge >= 0.3 is 0 Å².